The minimum atomic E-state index is -0.0818. The van der Waals surface area contributed by atoms with Crippen molar-refractivity contribution in [2.45, 2.75) is 18.9 Å². The summed E-state index contributed by atoms with van der Waals surface area (Å²) >= 11 is 1.54. The Balaban J connectivity index is 1.46. The van der Waals surface area contributed by atoms with Crippen LogP contribution in [0.15, 0.2) is 42.6 Å². The molecular formula is C19H19N3O3S. The number of methoxy groups -OCH3 is 1. The van der Waals surface area contributed by atoms with E-state index in [0.29, 0.717) is 12.4 Å². The van der Waals surface area contributed by atoms with Crippen molar-refractivity contribution in [3.05, 3.63) is 47.5 Å². The lowest BCUT2D eigenvalue weighted by atomic mass is 10.1. The molecule has 2 aromatic heterocycles. The van der Waals surface area contributed by atoms with Gasteiger partial charge in [0.1, 0.15) is 6.10 Å². The summed E-state index contributed by atoms with van der Waals surface area (Å²) in [5.74, 6) is 0.540. The van der Waals surface area contributed by atoms with Crippen LogP contribution in [-0.4, -0.2) is 47.1 Å². The SMILES string of the molecule is COc1nccc(OC2CCCN(C(=O)c3cc4ccccc4s3)C2)n1. The normalized spacial score (nSPS) is 17.3. The monoisotopic (exact) mass is 369 g/mol. The molecule has 1 aliphatic rings. The smallest absolute Gasteiger partial charge is 0.319 e. The summed E-state index contributed by atoms with van der Waals surface area (Å²) < 4.78 is 12.1. The van der Waals surface area contributed by atoms with Crippen molar-refractivity contribution in [1.82, 2.24) is 14.9 Å². The average Bonchev–Trinajstić information content (AvgIpc) is 3.12. The van der Waals surface area contributed by atoms with E-state index < -0.39 is 0 Å². The highest BCUT2D eigenvalue weighted by Gasteiger charge is 2.27. The molecule has 0 saturated carbocycles. The molecule has 1 aromatic carbocycles. The highest BCUT2D eigenvalue weighted by Crippen LogP contribution is 2.27. The van der Waals surface area contributed by atoms with Crippen molar-refractivity contribution in [2.24, 2.45) is 0 Å². The number of carbonyl (C=O) groups excluding carboxylic acids is 1. The van der Waals surface area contributed by atoms with Gasteiger partial charge in [0.25, 0.3) is 5.91 Å². The molecule has 0 bridgehead atoms. The standard InChI is InChI=1S/C19H19N3O3S/c1-24-19-20-9-8-17(21-19)25-14-6-4-10-22(12-14)18(23)16-11-13-5-2-3-7-15(13)26-16/h2-3,5,7-9,11,14H,4,6,10,12H2,1H3. The quantitative estimate of drug-likeness (QED) is 0.705. The van der Waals surface area contributed by atoms with E-state index in [4.69, 9.17) is 9.47 Å². The fourth-order valence-corrected chi connectivity index (χ4v) is 4.15. The second-order valence-corrected chi connectivity index (χ2v) is 7.25. The lowest BCUT2D eigenvalue weighted by Crippen LogP contribution is -2.44. The predicted octanol–water partition coefficient (Wildman–Crippen LogP) is 3.38. The number of hydrogen-bond donors (Lipinski definition) is 0. The fraction of sp³-hybridized carbons (Fsp3) is 0.316. The molecule has 1 amide bonds. The molecule has 0 aliphatic carbocycles. The third-order valence-corrected chi connectivity index (χ3v) is 5.48. The zero-order valence-electron chi connectivity index (χ0n) is 14.4. The van der Waals surface area contributed by atoms with E-state index in [1.807, 2.05) is 35.2 Å². The first-order chi connectivity index (χ1) is 12.7. The van der Waals surface area contributed by atoms with Crippen molar-refractivity contribution in [2.75, 3.05) is 20.2 Å². The third kappa shape index (κ3) is 3.48. The van der Waals surface area contributed by atoms with Gasteiger partial charge in [0.05, 0.1) is 18.5 Å². The van der Waals surface area contributed by atoms with Crippen LogP contribution >= 0.6 is 11.3 Å². The number of rotatable bonds is 4. The van der Waals surface area contributed by atoms with Crippen molar-refractivity contribution in [3.63, 3.8) is 0 Å². The molecule has 1 saturated heterocycles. The van der Waals surface area contributed by atoms with Gasteiger partial charge in [-0.25, -0.2) is 4.98 Å². The Hall–Kier alpha value is -2.67. The zero-order chi connectivity index (χ0) is 17.9. The van der Waals surface area contributed by atoms with Gasteiger partial charge in [-0.15, -0.1) is 11.3 Å². The molecule has 0 radical (unpaired) electrons. The number of thiophene rings is 1. The van der Waals surface area contributed by atoms with E-state index in [2.05, 4.69) is 9.97 Å². The van der Waals surface area contributed by atoms with Gasteiger partial charge in [0.15, 0.2) is 0 Å². The molecule has 0 N–H and O–H groups in total. The zero-order valence-corrected chi connectivity index (χ0v) is 15.2. The van der Waals surface area contributed by atoms with Crippen molar-refractivity contribution < 1.29 is 14.3 Å². The Kier molecular flexibility index (Phi) is 4.71. The minimum absolute atomic E-state index is 0.0692. The maximum atomic E-state index is 12.9. The van der Waals surface area contributed by atoms with Crippen LogP contribution in [0.3, 0.4) is 0 Å². The average molecular weight is 369 g/mol. The molecule has 1 fully saturated rings. The van der Waals surface area contributed by atoms with E-state index in [1.165, 1.54) is 7.11 Å². The Labute approximate surface area is 155 Å². The van der Waals surface area contributed by atoms with Gasteiger partial charge in [0, 0.05) is 23.5 Å². The predicted molar refractivity (Wildman–Crippen MR) is 100.0 cm³/mol. The van der Waals surface area contributed by atoms with Crippen LogP contribution in [0, 0.1) is 0 Å². The number of hydrogen-bond acceptors (Lipinski definition) is 6. The highest BCUT2D eigenvalue weighted by molar-refractivity contribution is 7.20. The van der Waals surface area contributed by atoms with Crippen LogP contribution in [-0.2, 0) is 0 Å². The van der Waals surface area contributed by atoms with Crippen LogP contribution in [0.2, 0.25) is 0 Å². The summed E-state index contributed by atoms with van der Waals surface area (Å²) in [5.41, 5.74) is 0. The number of ether oxygens (including phenoxy) is 2. The maximum absolute atomic E-state index is 12.9. The molecule has 1 unspecified atom stereocenters. The van der Waals surface area contributed by atoms with Gasteiger partial charge in [-0.1, -0.05) is 18.2 Å². The fourth-order valence-electron chi connectivity index (χ4n) is 3.12. The molecule has 6 nitrogen and oxygen atoms in total. The van der Waals surface area contributed by atoms with E-state index in [9.17, 15) is 4.79 Å². The van der Waals surface area contributed by atoms with E-state index >= 15 is 0 Å². The summed E-state index contributed by atoms with van der Waals surface area (Å²) in [7, 11) is 1.52. The topological polar surface area (TPSA) is 64.6 Å². The summed E-state index contributed by atoms with van der Waals surface area (Å²) in [4.78, 5) is 23.7. The van der Waals surface area contributed by atoms with E-state index in [-0.39, 0.29) is 18.0 Å². The lowest BCUT2D eigenvalue weighted by molar-refractivity contribution is 0.0530. The van der Waals surface area contributed by atoms with Crippen LogP contribution in [0.25, 0.3) is 10.1 Å². The lowest BCUT2D eigenvalue weighted by Gasteiger charge is -2.32. The first kappa shape index (κ1) is 16.8. The van der Waals surface area contributed by atoms with Gasteiger partial charge in [-0.2, -0.15) is 4.98 Å². The summed E-state index contributed by atoms with van der Waals surface area (Å²) in [6.07, 6.45) is 3.32. The van der Waals surface area contributed by atoms with Gasteiger partial charge < -0.3 is 14.4 Å². The molecule has 3 aromatic rings. The molecular weight excluding hydrogens is 350 g/mol. The number of amides is 1. The van der Waals surface area contributed by atoms with Crippen LogP contribution in [0.1, 0.15) is 22.5 Å². The summed E-state index contributed by atoms with van der Waals surface area (Å²) in [6, 6.07) is 12.0. The number of likely N-dealkylation sites (tertiary alicyclic amines) is 1. The molecule has 3 heterocycles. The van der Waals surface area contributed by atoms with Gasteiger partial charge in [-0.05, 0) is 30.4 Å². The second kappa shape index (κ2) is 7.29. The van der Waals surface area contributed by atoms with Crippen molar-refractivity contribution >= 4 is 27.3 Å². The van der Waals surface area contributed by atoms with E-state index in [0.717, 1.165) is 34.3 Å². The molecule has 0 spiro atoms. The largest absolute Gasteiger partial charge is 0.472 e. The number of fused-ring (bicyclic) bond motifs is 1. The summed E-state index contributed by atoms with van der Waals surface area (Å²) in [6.45, 7) is 1.30. The summed E-state index contributed by atoms with van der Waals surface area (Å²) in [5, 5.41) is 1.11. The van der Waals surface area contributed by atoms with Crippen molar-refractivity contribution in [1.29, 1.82) is 0 Å². The molecule has 4 rings (SSSR count). The minimum Gasteiger partial charge on any atom is -0.472 e. The van der Waals surface area contributed by atoms with Gasteiger partial charge in [0.2, 0.25) is 5.88 Å². The number of nitrogens with zero attached hydrogens (tertiary/aromatic N) is 3. The van der Waals surface area contributed by atoms with E-state index in [1.54, 1.807) is 23.6 Å². The van der Waals surface area contributed by atoms with Crippen LogP contribution in [0.4, 0.5) is 0 Å². The van der Waals surface area contributed by atoms with Gasteiger partial charge >= 0.3 is 6.01 Å². The van der Waals surface area contributed by atoms with Crippen molar-refractivity contribution in [3.8, 4) is 11.9 Å². The molecule has 26 heavy (non-hydrogen) atoms. The number of piperidine rings is 1. The Bertz CT molecular complexity index is 894. The third-order valence-electron chi connectivity index (χ3n) is 4.38. The molecule has 1 aliphatic heterocycles. The molecule has 7 heteroatoms. The highest BCUT2D eigenvalue weighted by atomic mass is 32.1. The number of aromatic nitrogens is 2. The molecule has 134 valence electrons. The Morgan fingerprint density at radius 3 is 3.04 bits per heavy atom. The number of carbonyl (C=O) groups is 1. The molecule has 1 atom stereocenters. The maximum Gasteiger partial charge on any atom is 0.319 e. The van der Waals surface area contributed by atoms with Crippen LogP contribution < -0.4 is 9.47 Å². The Morgan fingerprint density at radius 2 is 2.19 bits per heavy atom. The first-order valence-electron chi connectivity index (χ1n) is 8.54. The second-order valence-electron chi connectivity index (χ2n) is 6.16. The first-order valence-corrected chi connectivity index (χ1v) is 9.36. The Morgan fingerprint density at radius 1 is 1.31 bits per heavy atom. The van der Waals surface area contributed by atoms with Gasteiger partial charge in [-0.3, -0.25) is 4.79 Å². The van der Waals surface area contributed by atoms with Crippen LogP contribution in [0.5, 0.6) is 11.9 Å². The number of benzene rings is 1.